The Kier molecular flexibility index (Phi) is 3.83. The van der Waals surface area contributed by atoms with Crippen LogP contribution in [0.15, 0.2) is 30.3 Å². The van der Waals surface area contributed by atoms with E-state index in [1.807, 2.05) is 0 Å². The number of hydrazine groups is 2. The molecule has 2 aromatic rings. The van der Waals surface area contributed by atoms with Crippen LogP contribution in [0.3, 0.4) is 0 Å². The third-order valence-electron chi connectivity index (χ3n) is 2.76. The van der Waals surface area contributed by atoms with E-state index in [0.29, 0.717) is 20.5 Å². The summed E-state index contributed by atoms with van der Waals surface area (Å²) < 4.78 is 0. The Hall–Kier alpha value is -3.31. The van der Waals surface area contributed by atoms with Gasteiger partial charge in [0.15, 0.2) is 5.75 Å². The number of nitrogens with two attached hydrogens (primary N) is 4. The lowest BCUT2D eigenvalue weighted by Gasteiger charge is -2.19. The largest absolute Gasteiger partial charge is 0.503 e. The van der Waals surface area contributed by atoms with Crippen LogP contribution in [0.1, 0.15) is 0 Å². The molecule has 116 valence electrons. The maximum absolute atomic E-state index is 11.2. The van der Waals surface area contributed by atoms with Crippen LogP contribution < -0.4 is 33.3 Å². The van der Waals surface area contributed by atoms with Crippen molar-refractivity contribution in [1.82, 2.24) is 9.89 Å². The predicted molar refractivity (Wildman–Crippen MR) is 77.6 cm³/mol. The lowest BCUT2D eigenvalue weighted by molar-refractivity contribution is 0.246. The van der Waals surface area contributed by atoms with Crippen molar-refractivity contribution in [3.63, 3.8) is 0 Å². The van der Waals surface area contributed by atoms with Crippen LogP contribution in [0.2, 0.25) is 0 Å². The molecule has 0 saturated carbocycles. The molecule has 0 spiro atoms. The fourth-order valence-corrected chi connectivity index (χ4v) is 1.74. The summed E-state index contributed by atoms with van der Waals surface area (Å²) in [6, 6.07) is 6.26. The second kappa shape index (κ2) is 5.59. The van der Waals surface area contributed by atoms with Gasteiger partial charge in [0.05, 0.1) is 0 Å². The van der Waals surface area contributed by atoms with Crippen molar-refractivity contribution >= 4 is 17.9 Å². The first-order valence-corrected chi connectivity index (χ1v) is 5.90. The molecular formula is C11H14N8O3. The van der Waals surface area contributed by atoms with Gasteiger partial charge >= 0.3 is 12.1 Å². The predicted octanol–water partition coefficient (Wildman–Crippen LogP) is -1.10. The number of urea groups is 2. The van der Waals surface area contributed by atoms with Crippen LogP contribution in [0.25, 0.3) is 11.3 Å². The van der Waals surface area contributed by atoms with Crippen molar-refractivity contribution in [3.05, 3.63) is 30.3 Å². The highest BCUT2D eigenvalue weighted by Crippen LogP contribution is 2.36. The summed E-state index contributed by atoms with van der Waals surface area (Å²) in [5.74, 6) is 10.0. The average molecular weight is 306 g/mol. The number of carbonyl (C=O) groups excluding carboxylic acids is 2. The fraction of sp³-hybridized carbons (Fsp3) is 0. The van der Waals surface area contributed by atoms with Crippen LogP contribution in [-0.4, -0.2) is 27.1 Å². The highest BCUT2D eigenvalue weighted by molar-refractivity contribution is 5.93. The average Bonchev–Trinajstić information content (AvgIpc) is 2.83. The molecule has 0 aliphatic rings. The van der Waals surface area contributed by atoms with Crippen LogP contribution in [0.4, 0.5) is 15.4 Å². The van der Waals surface area contributed by atoms with Gasteiger partial charge in [-0.1, -0.05) is 30.3 Å². The maximum Gasteiger partial charge on any atom is 0.350 e. The van der Waals surface area contributed by atoms with Gasteiger partial charge in [0.2, 0.25) is 5.82 Å². The summed E-state index contributed by atoms with van der Waals surface area (Å²) in [6.45, 7) is 0. The topological polar surface area (TPSA) is 183 Å². The van der Waals surface area contributed by atoms with Crippen LogP contribution in [0.5, 0.6) is 5.75 Å². The molecule has 2 rings (SSSR count). The zero-order valence-electron chi connectivity index (χ0n) is 11.2. The summed E-state index contributed by atoms with van der Waals surface area (Å²) in [5.41, 5.74) is 10.6. The molecule has 0 aliphatic carbocycles. The molecule has 0 saturated heterocycles. The molecule has 0 unspecified atom stereocenters. The van der Waals surface area contributed by atoms with Crippen molar-refractivity contribution < 1.29 is 14.7 Å². The van der Waals surface area contributed by atoms with Gasteiger partial charge in [0.1, 0.15) is 5.69 Å². The third kappa shape index (κ3) is 2.48. The number of nitrogens with zero attached hydrogens (tertiary/aromatic N) is 4. The number of benzene rings is 1. The summed E-state index contributed by atoms with van der Waals surface area (Å²) >= 11 is 0. The van der Waals surface area contributed by atoms with E-state index in [0.717, 1.165) is 0 Å². The summed E-state index contributed by atoms with van der Waals surface area (Å²) in [4.78, 5) is 23.1. The summed E-state index contributed by atoms with van der Waals surface area (Å²) in [7, 11) is 0. The fourth-order valence-electron chi connectivity index (χ4n) is 1.74. The minimum atomic E-state index is -1.10. The van der Waals surface area contributed by atoms with Gasteiger partial charge in [0.25, 0.3) is 0 Å². The molecule has 4 amide bonds. The first-order chi connectivity index (χ1) is 10.3. The number of carbonyl (C=O) groups is 2. The normalized spacial score (nSPS) is 10.3. The lowest BCUT2D eigenvalue weighted by Crippen LogP contribution is -2.53. The van der Waals surface area contributed by atoms with Crippen LogP contribution >= 0.6 is 0 Å². The van der Waals surface area contributed by atoms with E-state index < -0.39 is 23.6 Å². The smallest absolute Gasteiger partial charge is 0.350 e. The zero-order chi connectivity index (χ0) is 16.4. The van der Waals surface area contributed by atoms with E-state index in [4.69, 9.17) is 23.2 Å². The van der Waals surface area contributed by atoms with Crippen molar-refractivity contribution in [2.45, 2.75) is 0 Å². The molecule has 0 fully saturated rings. The molecule has 1 aromatic heterocycles. The number of primary amides is 2. The summed E-state index contributed by atoms with van der Waals surface area (Å²) in [5, 5.41) is 15.0. The molecule has 22 heavy (non-hydrogen) atoms. The number of hydrogen-bond donors (Lipinski definition) is 5. The molecule has 1 heterocycles. The highest BCUT2D eigenvalue weighted by atomic mass is 16.3. The molecule has 0 aliphatic heterocycles. The standard InChI is InChI=1S/C11H14N8O3/c12-10(21)17(14)9-8(20)7(6-4-2-1-3-5-6)16-19(9)18(15)11(13)22/h1-5,20H,14-15H2,(H2,12,21)(H2,13,22). The minimum absolute atomic E-state index is 0.0315. The molecule has 11 heteroatoms. The molecule has 9 N–H and O–H groups in total. The number of hydrogen-bond acceptors (Lipinski definition) is 6. The van der Waals surface area contributed by atoms with E-state index in [1.165, 1.54) is 0 Å². The lowest BCUT2D eigenvalue weighted by atomic mass is 10.1. The molecule has 0 atom stereocenters. The van der Waals surface area contributed by atoms with E-state index in [1.54, 1.807) is 30.3 Å². The number of aromatic nitrogens is 2. The first kappa shape index (κ1) is 15.1. The number of amides is 4. The van der Waals surface area contributed by atoms with Crippen LogP contribution in [0, 0.1) is 0 Å². The second-order valence-electron chi connectivity index (χ2n) is 4.17. The number of anilines is 1. The van der Waals surface area contributed by atoms with E-state index in [9.17, 15) is 14.7 Å². The SMILES string of the molecule is NC(=O)N(N)c1c(O)c(-c2ccccc2)nn1N(N)C(N)=O. The van der Waals surface area contributed by atoms with Gasteiger partial charge in [-0.3, -0.25) is 0 Å². The van der Waals surface area contributed by atoms with Crippen molar-refractivity contribution in [1.29, 1.82) is 0 Å². The van der Waals surface area contributed by atoms with Crippen LogP contribution in [-0.2, 0) is 0 Å². The van der Waals surface area contributed by atoms with Gasteiger partial charge in [-0.25, -0.2) is 26.3 Å². The Labute approximate surface area is 124 Å². The molecule has 0 radical (unpaired) electrons. The van der Waals surface area contributed by atoms with Crippen molar-refractivity contribution in [3.8, 4) is 17.0 Å². The Bertz CT molecular complexity index is 714. The van der Waals surface area contributed by atoms with Gasteiger partial charge in [-0.05, 0) is 0 Å². The van der Waals surface area contributed by atoms with Crippen molar-refractivity contribution in [2.75, 3.05) is 10.1 Å². The molecule has 0 bridgehead atoms. The molecule has 11 nitrogen and oxygen atoms in total. The minimum Gasteiger partial charge on any atom is -0.503 e. The van der Waals surface area contributed by atoms with Gasteiger partial charge in [-0.2, -0.15) is 0 Å². The second-order valence-corrected chi connectivity index (χ2v) is 4.17. The van der Waals surface area contributed by atoms with Crippen molar-refractivity contribution in [2.24, 2.45) is 23.2 Å². The van der Waals surface area contributed by atoms with E-state index >= 15 is 0 Å². The molecule has 1 aromatic carbocycles. The van der Waals surface area contributed by atoms with Gasteiger partial charge < -0.3 is 16.6 Å². The summed E-state index contributed by atoms with van der Waals surface area (Å²) in [6.07, 6.45) is 0. The van der Waals surface area contributed by atoms with E-state index in [2.05, 4.69) is 5.10 Å². The van der Waals surface area contributed by atoms with Gasteiger partial charge in [-0.15, -0.1) is 15.0 Å². The Morgan fingerprint density at radius 1 is 1.09 bits per heavy atom. The monoisotopic (exact) mass is 306 g/mol. The Balaban J connectivity index is 2.67. The number of rotatable bonds is 3. The van der Waals surface area contributed by atoms with Gasteiger partial charge in [0, 0.05) is 5.56 Å². The van der Waals surface area contributed by atoms with E-state index in [-0.39, 0.29) is 5.69 Å². The quantitative estimate of drug-likeness (QED) is 0.272. The Morgan fingerprint density at radius 2 is 1.68 bits per heavy atom. The zero-order valence-corrected chi connectivity index (χ0v) is 11.2. The number of aromatic hydroxyl groups is 1. The molecular weight excluding hydrogens is 292 g/mol. The maximum atomic E-state index is 11.2. The third-order valence-corrected chi connectivity index (χ3v) is 2.76. The highest BCUT2D eigenvalue weighted by Gasteiger charge is 2.28. The Morgan fingerprint density at radius 3 is 2.18 bits per heavy atom. The first-order valence-electron chi connectivity index (χ1n) is 5.90.